The number of rotatable bonds is 3. The van der Waals surface area contributed by atoms with Crippen molar-refractivity contribution in [3.05, 3.63) is 92.4 Å². The lowest BCUT2D eigenvalue weighted by molar-refractivity contribution is -0.132. The van der Waals surface area contributed by atoms with Crippen LogP contribution >= 0.6 is 27.5 Å². The van der Waals surface area contributed by atoms with Crippen molar-refractivity contribution in [1.82, 2.24) is 0 Å². The molecule has 6 nitrogen and oxygen atoms in total. The van der Waals surface area contributed by atoms with Gasteiger partial charge in [-0.2, -0.15) is 0 Å². The van der Waals surface area contributed by atoms with Crippen molar-refractivity contribution < 1.29 is 24.2 Å². The summed E-state index contributed by atoms with van der Waals surface area (Å²) in [5.41, 5.74) is 2.41. The zero-order valence-electron chi connectivity index (χ0n) is 17.3. The fraction of sp³-hybridized carbons (Fsp3) is 0.120. The molecule has 1 saturated heterocycles. The monoisotopic (exact) mass is 525 g/mol. The molecule has 1 N–H and O–H groups in total. The van der Waals surface area contributed by atoms with Crippen LogP contribution in [0.5, 0.6) is 11.5 Å². The van der Waals surface area contributed by atoms with E-state index in [2.05, 4.69) is 15.9 Å². The van der Waals surface area contributed by atoms with Crippen molar-refractivity contribution in [1.29, 1.82) is 0 Å². The van der Waals surface area contributed by atoms with Gasteiger partial charge < -0.3 is 14.6 Å². The molecule has 0 saturated carbocycles. The van der Waals surface area contributed by atoms with Gasteiger partial charge in [-0.3, -0.25) is 14.5 Å². The molecule has 1 amide bonds. The molecular weight excluding hydrogens is 510 g/mol. The number of carbonyl (C=O) groups is 2. The van der Waals surface area contributed by atoms with E-state index in [1.165, 1.54) is 4.90 Å². The number of hydrogen-bond acceptors (Lipinski definition) is 5. The average molecular weight is 527 g/mol. The van der Waals surface area contributed by atoms with Crippen LogP contribution < -0.4 is 14.4 Å². The zero-order chi connectivity index (χ0) is 23.3. The summed E-state index contributed by atoms with van der Waals surface area (Å²) < 4.78 is 11.7. The molecular formula is C25H17BrClNO5. The third-order valence-corrected chi connectivity index (χ3v) is 6.84. The van der Waals surface area contributed by atoms with Crippen LogP contribution in [0.3, 0.4) is 0 Å². The summed E-state index contributed by atoms with van der Waals surface area (Å²) >= 11 is 9.52. The van der Waals surface area contributed by atoms with Crippen molar-refractivity contribution in [3.8, 4) is 11.5 Å². The highest BCUT2D eigenvalue weighted by molar-refractivity contribution is 9.10. The van der Waals surface area contributed by atoms with Gasteiger partial charge in [0.25, 0.3) is 11.7 Å². The van der Waals surface area contributed by atoms with Gasteiger partial charge in [-0.25, -0.2) is 0 Å². The van der Waals surface area contributed by atoms with E-state index in [1.54, 1.807) is 60.7 Å². The number of benzene rings is 3. The van der Waals surface area contributed by atoms with Crippen LogP contribution in [0.1, 0.15) is 22.7 Å². The minimum atomic E-state index is -0.855. The van der Waals surface area contributed by atoms with Crippen molar-refractivity contribution in [2.75, 3.05) is 11.7 Å². The number of fused-ring (bicyclic) bond motifs is 1. The molecule has 2 aliphatic heterocycles. The first-order valence-electron chi connectivity index (χ1n) is 10.1. The van der Waals surface area contributed by atoms with Crippen LogP contribution in [0.25, 0.3) is 5.76 Å². The molecule has 0 radical (unpaired) electrons. The Bertz CT molecular complexity index is 1340. The van der Waals surface area contributed by atoms with E-state index < -0.39 is 17.7 Å². The standard InChI is InChI=1S/C25H17BrClNO5/c1-13-10-15(4-8-18(13)26)23(29)21-22(14-2-5-16(27)6-3-14)28(25(31)24(21)30)17-7-9-19-20(11-17)33-12-32-19/h2-11,22,29H,12H2,1H3/b23-21+. The van der Waals surface area contributed by atoms with E-state index in [-0.39, 0.29) is 18.1 Å². The Morgan fingerprint density at radius 2 is 1.76 bits per heavy atom. The number of ketones is 1. The average Bonchev–Trinajstić information content (AvgIpc) is 3.38. The molecule has 2 heterocycles. The predicted octanol–water partition coefficient (Wildman–Crippen LogP) is 5.77. The highest BCUT2D eigenvalue weighted by Gasteiger charge is 2.47. The number of carbonyl (C=O) groups excluding carboxylic acids is 2. The Labute approximate surface area is 203 Å². The second-order valence-corrected chi connectivity index (χ2v) is 9.01. The summed E-state index contributed by atoms with van der Waals surface area (Å²) in [6.45, 7) is 1.96. The van der Waals surface area contributed by atoms with E-state index in [0.29, 0.717) is 33.3 Å². The largest absolute Gasteiger partial charge is 0.507 e. The Morgan fingerprint density at radius 1 is 1.03 bits per heavy atom. The Morgan fingerprint density at radius 3 is 2.48 bits per heavy atom. The first-order valence-corrected chi connectivity index (χ1v) is 11.2. The lowest BCUT2D eigenvalue weighted by Crippen LogP contribution is -2.29. The summed E-state index contributed by atoms with van der Waals surface area (Å²) in [6, 6.07) is 16.2. The molecule has 8 heteroatoms. The molecule has 2 aliphatic rings. The number of amides is 1. The molecule has 0 aliphatic carbocycles. The van der Waals surface area contributed by atoms with Crippen LogP contribution in [0.2, 0.25) is 5.02 Å². The van der Waals surface area contributed by atoms with Crippen molar-refractivity contribution >= 4 is 50.7 Å². The number of Topliss-reactive ketones (excluding diaryl/α,β-unsaturated/α-hetero) is 1. The normalized spacial score (nSPS) is 18.8. The third-order valence-electron chi connectivity index (χ3n) is 5.70. The maximum Gasteiger partial charge on any atom is 0.300 e. The third kappa shape index (κ3) is 3.67. The molecule has 5 rings (SSSR count). The van der Waals surface area contributed by atoms with Gasteiger partial charge in [-0.15, -0.1) is 0 Å². The summed E-state index contributed by atoms with van der Waals surface area (Å²) in [7, 11) is 0. The molecule has 33 heavy (non-hydrogen) atoms. The maximum atomic E-state index is 13.2. The van der Waals surface area contributed by atoms with Crippen molar-refractivity contribution in [2.45, 2.75) is 13.0 Å². The van der Waals surface area contributed by atoms with E-state index in [4.69, 9.17) is 21.1 Å². The van der Waals surface area contributed by atoms with Crippen LogP contribution in [0.4, 0.5) is 5.69 Å². The van der Waals surface area contributed by atoms with Crippen molar-refractivity contribution in [2.24, 2.45) is 0 Å². The number of ether oxygens (including phenoxy) is 2. The number of hydrogen-bond donors (Lipinski definition) is 1. The van der Waals surface area contributed by atoms with Gasteiger partial charge in [0, 0.05) is 26.8 Å². The van der Waals surface area contributed by atoms with E-state index in [1.807, 2.05) is 6.92 Å². The van der Waals surface area contributed by atoms with Crippen LogP contribution in [0.15, 0.2) is 70.7 Å². The number of aliphatic hydroxyl groups excluding tert-OH is 1. The second kappa shape index (κ2) is 8.24. The second-order valence-electron chi connectivity index (χ2n) is 7.72. The molecule has 0 bridgehead atoms. The SMILES string of the molecule is Cc1cc(/C(O)=C2\C(=O)C(=O)N(c3ccc4c(c3)OCO4)C2c2ccc(Cl)cc2)ccc1Br. The summed E-state index contributed by atoms with van der Waals surface area (Å²) in [5, 5.41) is 11.7. The van der Waals surface area contributed by atoms with E-state index in [9.17, 15) is 14.7 Å². The fourth-order valence-corrected chi connectivity index (χ4v) is 4.41. The van der Waals surface area contributed by atoms with Crippen LogP contribution in [-0.4, -0.2) is 23.6 Å². The molecule has 166 valence electrons. The number of aliphatic hydroxyl groups is 1. The Kier molecular flexibility index (Phi) is 5.38. The van der Waals surface area contributed by atoms with Gasteiger partial charge in [0.2, 0.25) is 6.79 Å². The minimum Gasteiger partial charge on any atom is -0.507 e. The predicted molar refractivity (Wildman–Crippen MR) is 128 cm³/mol. The van der Waals surface area contributed by atoms with Crippen LogP contribution in [-0.2, 0) is 9.59 Å². The van der Waals surface area contributed by atoms with Gasteiger partial charge >= 0.3 is 0 Å². The van der Waals surface area contributed by atoms with Gasteiger partial charge in [-0.1, -0.05) is 45.7 Å². The number of anilines is 1. The number of aryl methyl sites for hydroxylation is 1. The van der Waals surface area contributed by atoms with Crippen LogP contribution in [0, 0.1) is 6.92 Å². The first-order chi connectivity index (χ1) is 15.8. The Balaban J connectivity index is 1.71. The van der Waals surface area contributed by atoms with Gasteiger partial charge in [0.05, 0.1) is 11.6 Å². The molecule has 0 spiro atoms. The molecule has 1 unspecified atom stereocenters. The highest BCUT2D eigenvalue weighted by Crippen LogP contribution is 2.45. The fourth-order valence-electron chi connectivity index (χ4n) is 4.04. The number of halogens is 2. The van der Waals surface area contributed by atoms with Gasteiger partial charge in [0.1, 0.15) is 5.76 Å². The topological polar surface area (TPSA) is 76.1 Å². The lowest BCUT2D eigenvalue weighted by Gasteiger charge is -2.25. The summed E-state index contributed by atoms with van der Waals surface area (Å²) in [5.74, 6) is -0.724. The minimum absolute atomic E-state index is 0.00158. The first kappa shape index (κ1) is 21.6. The molecule has 1 atom stereocenters. The smallest absolute Gasteiger partial charge is 0.300 e. The molecule has 1 fully saturated rings. The summed E-state index contributed by atoms with van der Waals surface area (Å²) in [4.78, 5) is 27.9. The van der Waals surface area contributed by atoms with E-state index in [0.717, 1.165) is 10.0 Å². The molecule has 3 aromatic carbocycles. The lowest BCUT2D eigenvalue weighted by atomic mass is 9.94. The molecule has 0 aromatic heterocycles. The van der Waals surface area contributed by atoms with Crippen molar-refractivity contribution in [3.63, 3.8) is 0 Å². The highest BCUT2D eigenvalue weighted by atomic mass is 79.9. The quantitative estimate of drug-likeness (QED) is 0.267. The zero-order valence-corrected chi connectivity index (χ0v) is 19.7. The Hall–Kier alpha value is -3.29. The van der Waals surface area contributed by atoms with Gasteiger partial charge in [-0.05, 0) is 54.4 Å². The van der Waals surface area contributed by atoms with E-state index >= 15 is 0 Å². The maximum absolute atomic E-state index is 13.2. The summed E-state index contributed by atoms with van der Waals surface area (Å²) in [6.07, 6.45) is 0. The molecule has 3 aromatic rings. The number of nitrogens with zero attached hydrogens (tertiary/aromatic N) is 1. The van der Waals surface area contributed by atoms with Gasteiger partial charge in [0.15, 0.2) is 11.5 Å².